The lowest BCUT2D eigenvalue weighted by atomic mass is 10.1. The molecule has 1 amide bonds. The van der Waals surface area contributed by atoms with Crippen molar-refractivity contribution in [3.8, 4) is 0 Å². The van der Waals surface area contributed by atoms with Gasteiger partial charge in [0.2, 0.25) is 5.91 Å². The maximum Gasteiger partial charge on any atom is 0.228 e. The van der Waals surface area contributed by atoms with Gasteiger partial charge in [0, 0.05) is 16.1 Å². The minimum Gasteiger partial charge on any atom is -0.326 e. The number of hydrogen-bond donors (Lipinski definition) is 1. The third-order valence-electron chi connectivity index (χ3n) is 3.90. The number of fused-ring (bicyclic) bond motifs is 1. The number of anilines is 1. The van der Waals surface area contributed by atoms with Crippen LogP contribution in [0.15, 0.2) is 22.7 Å². The van der Waals surface area contributed by atoms with Gasteiger partial charge in [-0.3, -0.25) is 4.79 Å². The van der Waals surface area contributed by atoms with Gasteiger partial charge >= 0.3 is 0 Å². The van der Waals surface area contributed by atoms with Crippen LogP contribution in [0.3, 0.4) is 0 Å². The van der Waals surface area contributed by atoms with E-state index in [0.717, 1.165) is 10.2 Å². The maximum atomic E-state index is 12.0. The smallest absolute Gasteiger partial charge is 0.228 e. The summed E-state index contributed by atoms with van der Waals surface area (Å²) in [4.78, 5) is 12.0. The summed E-state index contributed by atoms with van der Waals surface area (Å²) in [6.45, 7) is 0. The summed E-state index contributed by atoms with van der Waals surface area (Å²) >= 11 is 9.26. The van der Waals surface area contributed by atoms with E-state index in [9.17, 15) is 4.79 Å². The van der Waals surface area contributed by atoms with Gasteiger partial charge in [0.1, 0.15) is 0 Å². The molecule has 0 bridgehead atoms. The Kier molecular flexibility index (Phi) is 2.91. The van der Waals surface area contributed by atoms with Crippen LogP contribution >= 0.6 is 27.5 Å². The first kappa shape index (κ1) is 11.5. The van der Waals surface area contributed by atoms with Crippen LogP contribution in [0.25, 0.3) is 0 Å². The van der Waals surface area contributed by atoms with E-state index in [-0.39, 0.29) is 11.8 Å². The number of halogens is 2. The van der Waals surface area contributed by atoms with Crippen LogP contribution in [-0.2, 0) is 4.79 Å². The van der Waals surface area contributed by atoms with Gasteiger partial charge in [0.25, 0.3) is 0 Å². The topological polar surface area (TPSA) is 29.1 Å². The SMILES string of the molecule is O=C(Nc1ccc(Cl)c(Br)c1)C1C2CCCC21. The fourth-order valence-electron chi connectivity index (χ4n) is 3.01. The Morgan fingerprint density at radius 2 is 2.06 bits per heavy atom. The van der Waals surface area contributed by atoms with E-state index in [4.69, 9.17) is 11.6 Å². The molecule has 2 aliphatic carbocycles. The van der Waals surface area contributed by atoms with Crippen LogP contribution in [0.1, 0.15) is 19.3 Å². The second-order valence-electron chi connectivity index (χ2n) is 4.90. The summed E-state index contributed by atoms with van der Waals surface area (Å²) in [7, 11) is 0. The Balaban J connectivity index is 1.67. The third-order valence-corrected chi connectivity index (χ3v) is 5.11. The van der Waals surface area contributed by atoms with Gasteiger partial charge < -0.3 is 5.32 Å². The molecule has 0 saturated heterocycles. The van der Waals surface area contributed by atoms with Crippen molar-refractivity contribution >= 4 is 39.1 Å². The van der Waals surface area contributed by atoms with E-state index in [1.54, 1.807) is 6.07 Å². The molecule has 1 N–H and O–H groups in total. The predicted molar refractivity (Wildman–Crippen MR) is 72.1 cm³/mol. The fraction of sp³-hybridized carbons (Fsp3) is 0.462. The van der Waals surface area contributed by atoms with Crippen molar-refractivity contribution in [2.45, 2.75) is 19.3 Å². The summed E-state index contributed by atoms with van der Waals surface area (Å²) in [5.41, 5.74) is 0.816. The van der Waals surface area contributed by atoms with Crippen LogP contribution in [-0.4, -0.2) is 5.91 Å². The number of carbonyl (C=O) groups is 1. The summed E-state index contributed by atoms with van der Waals surface area (Å²) in [6, 6.07) is 5.47. The van der Waals surface area contributed by atoms with E-state index in [1.807, 2.05) is 12.1 Å². The molecule has 0 radical (unpaired) electrons. The van der Waals surface area contributed by atoms with Crippen molar-refractivity contribution in [1.82, 2.24) is 0 Å². The quantitative estimate of drug-likeness (QED) is 0.875. The number of nitrogens with one attached hydrogen (secondary N) is 1. The second-order valence-corrected chi connectivity index (χ2v) is 6.16. The van der Waals surface area contributed by atoms with Crippen molar-refractivity contribution in [1.29, 1.82) is 0 Å². The monoisotopic (exact) mass is 313 g/mol. The Morgan fingerprint density at radius 3 is 2.71 bits per heavy atom. The molecule has 4 heteroatoms. The zero-order valence-electron chi connectivity index (χ0n) is 9.25. The number of hydrogen-bond acceptors (Lipinski definition) is 1. The van der Waals surface area contributed by atoms with Gasteiger partial charge in [0.05, 0.1) is 5.02 Å². The highest BCUT2D eigenvalue weighted by Crippen LogP contribution is 2.57. The minimum atomic E-state index is 0.175. The lowest BCUT2D eigenvalue weighted by Gasteiger charge is -2.07. The van der Waals surface area contributed by atoms with Crippen LogP contribution < -0.4 is 5.32 Å². The van der Waals surface area contributed by atoms with Gasteiger partial charge in [-0.15, -0.1) is 0 Å². The van der Waals surface area contributed by atoms with Gasteiger partial charge in [0.15, 0.2) is 0 Å². The molecule has 1 aromatic carbocycles. The van der Waals surface area contributed by atoms with E-state index in [1.165, 1.54) is 19.3 Å². The van der Waals surface area contributed by atoms with E-state index >= 15 is 0 Å². The normalized spacial score (nSPS) is 29.9. The molecule has 2 fully saturated rings. The van der Waals surface area contributed by atoms with Crippen LogP contribution in [0.2, 0.25) is 5.02 Å². The highest BCUT2D eigenvalue weighted by Gasteiger charge is 2.56. The van der Waals surface area contributed by atoms with Gasteiger partial charge in [-0.05, 0) is 58.8 Å². The van der Waals surface area contributed by atoms with Crippen molar-refractivity contribution in [2.24, 2.45) is 17.8 Å². The molecular weight excluding hydrogens is 302 g/mol. The highest BCUT2D eigenvalue weighted by atomic mass is 79.9. The van der Waals surface area contributed by atoms with Gasteiger partial charge in [-0.25, -0.2) is 0 Å². The largest absolute Gasteiger partial charge is 0.326 e. The van der Waals surface area contributed by atoms with Crippen LogP contribution in [0.4, 0.5) is 5.69 Å². The molecule has 0 aromatic heterocycles. The second kappa shape index (κ2) is 4.29. The van der Waals surface area contributed by atoms with Gasteiger partial charge in [-0.2, -0.15) is 0 Å². The third kappa shape index (κ3) is 2.11. The predicted octanol–water partition coefficient (Wildman–Crippen LogP) is 4.09. The Morgan fingerprint density at radius 1 is 1.35 bits per heavy atom. The van der Waals surface area contributed by atoms with Crippen LogP contribution in [0, 0.1) is 17.8 Å². The molecule has 90 valence electrons. The maximum absolute atomic E-state index is 12.0. The van der Waals surface area contributed by atoms with Crippen molar-refractivity contribution in [3.05, 3.63) is 27.7 Å². The molecule has 2 aliphatic rings. The molecule has 3 rings (SSSR count). The molecule has 0 aliphatic heterocycles. The van der Waals surface area contributed by atoms with Crippen LogP contribution in [0.5, 0.6) is 0 Å². The highest BCUT2D eigenvalue weighted by molar-refractivity contribution is 9.10. The standard InChI is InChI=1S/C13H13BrClNO/c14-10-6-7(4-5-11(10)15)16-13(17)12-8-2-1-3-9(8)12/h4-6,8-9,12H,1-3H2,(H,16,17). The molecular formula is C13H13BrClNO. The Bertz CT molecular complexity index is 466. The lowest BCUT2D eigenvalue weighted by molar-refractivity contribution is -0.118. The molecule has 2 unspecified atom stereocenters. The number of rotatable bonds is 2. The number of carbonyl (C=O) groups excluding carboxylic acids is 1. The molecule has 2 nitrogen and oxygen atoms in total. The van der Waals surface area contributed by atoms with E-state index in [0.29, 0.717) is 16.9 Å². The van der Waals surface area contributed by atoms with Crippen molar-refractivity contribution in [3.63, 3.8) is 0 Å². The molecule has 2 atom stereocenters. The van der Waals surface area contributed by atoms with E-state index in [2.05, 4.69) is 21.2 Å². The fourth-order valence-corrected chi connectivity index (χ4v) is 3.51. The molecule has 0 heterocycles. The average Bonchev–Trinajstić information content (AvgIpc) is 2.78. The minimum absolute atomic E-state index is 0.175. The van der Waals surface area contributed by atoms with Crippen molar-refractivity contribution < 1.29 is 4.79 Å². The number of benzene rings is 1. The molecule has 2 saturated carbocycles. The first-order valence-corrected chi connectivity index (χ1v) is 7.10. The Hall–Kier alpha value is -0.540. The first-order valence-electron chi connectivity index (χ1n) is 5.93. The summed E-state index contributed by atoms with van der Waals surface area (Å²) in [6.07, 6.45) is 3.76. The average molecular weight is 315 g/mol. The molecule has 0 spiro atoms. The summed E-state index contributed by atoms with van der Waals surface area (Å²) in [5.74, 6) is 1.75. The van der Waals surface area contributed by atoms with Gasteiger partial charge in [-0.1, -0.05) is 18.0 Å². The summed E-state index contributed by atoms with van der Waals surface area (Å²) < 4.78 is 0.813. The zero-order valence-corrected chi connectivity index (χ0v) is 11.6. The molecule has 17 heavy (non-hydrogen) atoms. The molecule has 1 aromatic rings. The van der Waals surface area contributed by atoms with E-state index < -0.39 is 0 Å². The summed E-state index contributed by atoms with van der Waals surface area (Å²) in [5, 5.41) is 3.63. The zero-order chi connectivity index (χ0) is 12.0. The number of amides is 1. The first-order chi connectivity index (χ1) is 8.16. The van der Waals surface area contributed by atoms with Crippen molar-refractivity contribution in [2.75, 3.05) is 5.32 Å². The Labute approximate surface area is 114 Å². The lowest BCUT2D eigenvalue weighted by Crippen LogP contribution is -2.16.